The van der Waals surface area contributed by atoms with E-state index in [9.17, 15) is 0 Å². The fourth-order valence-corrected chi connectivity index (χ4v) is 2.41. The van der Waals surface area contributed by atoms with E-state index in [0.29, 0.717) is 12.1 Å². The monoisotopic (exact) mass is 214 g/mol. The first-order valence-electron chi connectivity index (χ1n) is 5.68. The molecule has 14 heavy (non-hydrogen) atoms. The molecule has 1 heterocycles. The predicted molar refractivity (Wildman–Crippen MR) is 65.5 cm³/mol. The van der Waals surface area contributed by atoms with E-state index in [1.165, 1.54) is 25.7 Å². The maximum absolute atomic E-state index is 5.40. The van der Waals surface area contributed by atoms with E-state index in [0.717, 1.165) is 11.7 Å². The Morgan fingerprint density at radius 3 is 2.71 bits per heavy atom. The minimum atomic E-state index is 0.443. The average Bonchev–Trinajstić information content (AvgIpc) is 2.28. The van der Waals surface area contributed by atoms with Crippen LogP contribution in [-0.2, 0) is 0 Å². The number of hydrogen-bond acceptors (Lipinski definition) is 1. The molecule has 1 aliphatic rings. The highest BCUT2D eigenvalue weighted by atomic mass is 32.1. The van der Waals surface area contributed by atoms with E-state index in [1.807, 2.05) is 0 Å². The van der Waals surface area contributed by atoms with Gasteiger partial charge in [0.05, 0.1) is 0 Å². The van der Waals surface area contributed by atoms with Crippen LogP contribution in [0.2, 0.25) is 0 Å². The Bertz CT molecular complexity index is 192. The molecule has 1 fully saturated rings. The summed E-state index contributed by atoms with van der Waals surface area (Å²) in [4.78, 5) is 2.35. The second-order valence-electron chi connectivity index (χ2n) is 4.50. The third-order valence-corrected chi connectivity index (χ3v) is 3.08. The Hall–Kier alpha value is -0.310. The van der Waals surface area contributed by atoms with Gasteiger partial charge < -0.3 is 10.2 Å². The van der Waals surface area contributed by atoms with Gasteiger partial charge in [-0.25, -0.2) is 0 Å². The fraction of sp³-hybridized carbons (Fsp3) is 0.909. The molecule has 0 aliphatic carbocycles. The highest BCUT2D eigenvalue weighted by molar-refractivity contribution is 7.80. The molecule has 2 nitrogen and oxygen atoms in total. The quantitative estimate of drug-likeness (QED) is 0.675. The van der Waals surface area contributed by atoms with E-state index < -0.39 is 0 Å². The van der Waals surface area contributed by atoms with Crippen LogP contribution >= 0.6 is 12.2 Å². The highest BCUT2D eigenvalue weighted by Gasteiger charge is 2.19. The summed E-state index contributed by atoms with van der Waals surface area (Å²) in [5.41, 5.74) is 0. The van der Waals surface area contributed by atoms with Crippen LogP contribution in [0.25, 0.3) is 0 Å². The second kappa shape index (κ2) is 5.54. The van der Waals surface area contributed by atoms with E-state index in [1.54, 1.807) is 0 Å². The smallest absolute Gasteiger partial charge is 0.169 e. The fourth-order valence-electron chi connectivity index (χ4n) is 1.91. The molecule has 1 aliphatic heterocycles. The summed E-state index contributed by atoms with van der Waals surface area (Å²) < 4.78 is 0. The Kier molecular flexibility index (Phi) is 4.66. The standard InChI is InChI=1S/C11H22N2S/c1-9(2)12-11(14)13-8-6-4-5-7-10(13)3/h9-10H,4-8H2,1-3H3,(H,12,14). The van der Waals surface area contributed by atoms with Crippen LogP contribution in [0.5, 0.6) is 0 Å². The van der Waals surface area contributed by atoms with Crippen molar-refractivity contribution in [2.24, 2.45) is 0 Å². The van der Waals surface area contributed by atoms with E-state index in [4.69, 9.17) is 12.2 Å². The highest BCUT2D eigenvalue weighted by Crippen LogP contribution is 2.16. The van der Waals surface area contributed by atoms with Crippen LogP contribution in [0.15, 0.2) is 0 Å². The molecular formula is C11H22N2S. The van der Waals surface area contributed by atoms with Crippen molar-refractivity contribution in [2.45, 2.75) is 58.5 Å². The minimum Gasteiger partial charge on any atom is -0.360 e. The molecule has 0 spiro atoms. The largest absolute Gasteiger partial charge is 0.360 e. The van der Waals surface area contributed by atoms with Gasteiger partial charge in [-0.2, -0.15) is 0 Å². The van der Waals surface area contributed by atoms with Gasteiger partial charge in [-0.15, -0.1) is 0 Å². The topological polar surface area (TPSA) is 15.3 Å². The van der Waals surface area contributed by atoms with Gasteiger partial charge in [-0.05, 0) is 45.8 Å². The van der Waals surface area contributed by atoms with Crippen molar-refractivity contribution in [3.05, 3.63) is 0 Å². The molecule has 3 heteroatoms. The molecule has 0 saturated carbocycles. The average molecular weight is 214 g/mol. The summed E-state index contributed by atoms with van der Waals surface area (Å²) in [7, 11) is 0. The molecule has 1 saturated heterocycles. The van der Waals surface area contributed by atoms with Crippen molar-refractivity contribution < 1.29 is 0 Å². The summed E-state index contributed by atoms with van der Waals surface area (Å²) in [6.07, 6.45) is 5.26. The van der Waals surface area contributed by atoms with Crippen molar-refractivity contribution in [3.8, 4) is 0 Å². The van der Waals surface area contributed by atoms with Gasteiger partial charge in [-0.3, -0.25) is 0 Å². The molecule has 1 unspecified atom stereocenters. The zero-order chi connectivity index (χ0) is 10.6. The molecule has 82 valence electrons. The van der Waals surface area contributed by atoms with Crippen LogP contribution < -0.4 is 5.32 Å². The maximum atomic E-state index is 5.40. The number of nitrogens with one attached hydrogen (secondary N) is 1. The first-order valence-corrected chi connectivity index (χ1v) is 6.09. The molecule has 0 amide bonds. The SMILES string of the molecule is CC(C)NC(=S)N1CCCCCC1C. The summed E-state index contributed by atoms with van der Waals surface area (Å²) in [5.74, 6) is 0. The zero-order valence-electron chi connectivity index (χ0n) is 9.55. The van der Waals surface area contributed by atoms with Crippen molar-refractivity contribution in [3.63, 3.8) is 0 Å². The summed E-state index contributed by atoms with van der Waals surface area (Å²) in [6.45, 7) is 7.67. The van der Waals surface area contributed by atoms with Gasteiger partial charge in [0.2, 0.25) is 0 Å². The minimum absolute atomic E-state index is 0.443. The Morgan fingerprint density at radius 2 is 2.07 bits per heavy atom. The van der Waals surface area contributed by atoms with Crippen LogP contribution in [0.4, 0.5) is 0 Å². The Balaban J connectivity index is 2.50. The third-order valence-electron chi connectivity index (χ3n) is 2.73. The van der Waals surface area contributed by atoms with E-state index in [-0.39, 0.29) is 0 Å². The number of thiocarbonyl (C=S) groups is 1. The van der Waals surface area contributed by atoms with Crippen LogP contribution in [0.1, 0.15) is 46.5 Å². The molecule has 0 aromatic carbocycles. The third kappa shape index (κ3) is 3.45. The molecular weight excluding hydrogens is 192 g/mol. The number of rotatable bonds is 1. The number of likely N-dealkylation sites (tertiary alicyclic amines) is 1. The Morgan fingerprint density at radius 1 is 1.36 bits per heavy atom. The van der Waals surface area contributed by atoms with Gasteiger partial charge in [0.15, 0.2) is 5.11 Å². The zero-order valence-corrected chi connectivity index (χ0v) is 10.4. The Labute approximate surface area is 93.1 Å². The lowest BCUT2D eigenvalue weighted by molar-refractivity contribution is 0.329. The summed E-state index contributed by atoms with van der Waals surface area (Å²) >= 11 is 5.40. The van der Waals surface area contributed by atoms with Crippen LogP contribution in [-0.4, -0.2) is 28.6 Å². The second-order valence-corrected chi connectivity index (χ2v) is 4.88. The molecule has 0 bridgehead atoms. The lowest BCUT2D eigenvalue weighted by atomic mass is 10.1. The molecule has 1 N–H and O–H groups in total. The van der Waals surface area contributed by atoms with E-state index >= 15 is 0 Å². The molecule has 0 aromatic heterocycles. The first-order chi connectivity index (χ1) is 6.61. The van der Waals surface area contributed by atoms with Gasteiger partial charge in [0.25, 0.3) is 0 Å². The lowest BCUT2D eigenvalue weighted by Crippen LogP contribution is -2.46. The number of hydrogen-bond donors (Lipinski definition) is 1. The van der Waals surface area contributed by atoms with Crippen molar-refractivity contribution in [2.75, 3.05) is 6.54 Å². The van der Waals surface area contributed by atoms with Crippen LogP contribution in [0, 0.1) is 0 Å². The summed E-state index contributed by atoms with van der Waals surface area (Å²) in [6, 6.07) is 1.05. The molecule has 1 rings (SSSR count). The van der Waals surface area contributed by atoms with Gasteiger partial charge >= 0.3 is 0 Å². The lowest BCUT2D eigenvalue weighted by Gasteiger charge is -2.31. The van der Waals surface area contributed by atoms with E-state index in [2.05, 4.69) is 31.0 Å². The molecule has 1 atom stereocenters. The van der Waals surface area contributed by atoms with Gasteiger partial charge in [-0.1, -0.05) is 12.8 Å². The van der Waals surface area contributed by atoms with Crippen molar-refractivity contribution in [1.82, 2.24) is 10.2 Å². The van der Waals surface area contributed by atoms with Crippen molar-refractivity contribution in [1.29, 1.82) is 0 Å². The first kappa shape index (κ1) is 11.8. The van der Waals surface area contributed by atoms with Gasteiger partial charge in [0, 0.05) is 18.6 Å². The normalized spacial score (nSPS) is 23.4. The maximum Gasteiger partial charge on any atom is 0.169 e. The molecule has 0 aromatic rings. The van der Waals surface area contributed by atoms with Gasteiger partial charge in [0.1, 0.15) is 0 Å². The summed E-state index contributed by atoms with van der Waals surface area (Å²) in [5, 5.41) is 4.27. The van der Waals surface area contributed by atoms with Crippen molar-refractivity contribution >= 4 is 17.3 Å². The number of nitrogens with zero attached hydrogens (tertiary/aromatic N) is 1. The van der Waals surface area contributed by atoms with Crippen LogP contribution in [0.3, 0.4) is 0 Å². The molecule has 0 radical (unpaired) electrons. The predicted octanol–water partition coefficient (Wildman–Crippen LogP) is 2.53.